The van der Waals surface area contributed by atoms with Crippen LogP contribution in [0.1, 0.15) is 40.2 Å². The minimum Gasteiger partial charge on any atom is -0.311 e. The number of hydrogen-bond donors (Lipinski definition) is 1. The minimum absolute atomic E-state index is 0.0525. The van der Waals surface area contributed by atoms with Gasteiger partial charge in [0.15, 0.2) is 5.16 Å². The number of thioether (sulfide) groups is 1. The van der Waals surface area contributed by atoms with E-state index in [4.69, 9.17) is 0 Å². The number of aryl methyl sites for hydroxylation is 5. The van der Waals surface area contributed by atoms with Crippen molar-refractivity contribution < 1.29 is 4.79 Å². The Morgan fingerprint density at radius 2 is 1.62 bits per heavy atom. The summed E-state index contributed by atoms with van der Waals surface area (Å²) in [6.07, 6.45) is 2.93. The molecule has 2 heterocycles. The first-order valence-electron chi connectivity index (χ1n) is 9.60. The molecule has 0 aliphatic heterocycles. The molecular formula is C22H27N5OS. The van der Waals surface area contributed by atoms with Crippen molar-refractivity contribution in [2.45, 2.75) is 52.6 Å². The molecule has 0 fully saturated rings. The zero-order chi connectivity index (χ0) is 21.1. The van der Waals surface area contributed by atoms with Crippen molar-refractivity contribution in [2.24, 2.45) is 0 Å². The van der Waals surface area contributed by atoms with Crippen LogP contribution in [-0.2, 0) is 11.2 Å². The Morgan fingerprint density at radius 3 is 2.21 bits per heavy atom. The maximum absolute atomic E-state index is 12.7. The maximum atomic E-state index is 12.7. The van der Waals surface area contributed by atoms with Crippen LogP contribution in [0.15, 0.2) is 29.4 Å². The molecule has 152 valence electrons. The lowest BCUT2D eigenvalue weighted by atomic mass is 10.1. The van der Waals surface area contributed by atoms with Gasteiger partial charge in [-0.25, -0.2) is 14.6 Å². The van der Waals surface area contributed by atoms with Crippen LogP contribution in [0.2, 0.25) is 0 Å². The average Bonchev–Trinajstić information content (AvgIpc) is 3.00. The lowest BCUT2D eigenvalue weighted by molar-refractivity contribution is -0.116. The lowest BCUT2D eigenvalue weighted by Crippen LogP contribution is -2.16. The molecule has 3 aromatic rings. The van der Waals surface area contributed by atoms with Crippen LogP contribution in [0.4, 0.5) is 5.82 Å². The Morgan fingerprint density at radius 1 is 1.00 bits per heavy atom. The van der Waals surface area contributed by atoms with Gasteiger partial charge in [0, 0.05) is 23.9 Å². The fraction of sp³-hybridized carbons (Fsp3) is 0.364. The number of benzene rings is 1. The summed E-state index contributed by atoms with van der Waals surface area (Å²) >= 11 is 1.52. The van der Waals surface area contributed by atoms with Gasteiger partial charge in [0.2, 0.25) is 5.91 Å². The van der Waals surface area contributed by atoms with Gasteiger partial charge in [0.1, 0.15) is 5.82 Å². The fourth-order valence-corrected chi connectivity index (χ4v) is 3.92. The van der Waals surface area contributed by atoms with Gasteiger partial charge in [0.25, 0.3) is 0 Å². The van der Waals surface area contributed by atoms with Gasteiger partial charge < -0.3 is 5.32 Å². The van der Waals surface area contributed by atoms with Gasteiger partial charge in [-0.15, -0.1) is 0 Å². The Balaban J connectivity index is 1.75. The second-order valence-electron chi connectivity index (χ2n) is 7.34. The molecule has 3 rings (SSSR count). The highest BCUT2D eigenvalue weighted by molar-refractivity contribution is 7.98. The molecule has 0 bridgehead atoms. The molecule has 0 saturated heterocycles. The first-order valence-corrected chi connectivity index (χ1v) is 10.8. The minimum atomic E-state index is -0.0525. The predicted octanol–water partition coefficient (Wildman–Crippen LogP) is 4.50. The number of nitrogens with one attached hydrogen (secondary N) is 1. The van der Waals surface area contributed by atoms with Crippen LogP contribution in [0.25, 0.3) is 5.69 Å². The molecule has 1 amide bonds. The molecule has 0 saturated carbocycles. The molecule has 7 heteroatoms. The number of hydrogen-bond acceptors (Lipinski definition) is 5. The van der Waals surface area contributed by atoms with Crippen LogP contribution >= 0.6 is 11.8 Å². The van der Waals surface area contributed by atoms with E-state index in [9.17, 15) is 4.79 Å². The summed E-state index contributed by atoms with van der Waals surface area (Å²) in [5, 5.41) is 8.34. The van der Waals surface area contributed by atoms with E-state index >= 15 is 0 Å². The first-order chi connectivity index (χ1) is 13.8. The second-order valence-corrected chi connectivity index (χ2v) is 8.11. The van der Waals surface area contributed by atoms with Gasteiger partial charge in [0.05, 0.1) is 11.4 Å². The molecule has 0 unspecified atom stereocenters. The summed E-state index contributed by atoms with van der Waals surface area (Å²) in [6, 6.07) is 8.13. The lowest BCUT2D eigenvalue weighted by Gasteiger charge is -2.12. The van der Waals surface area contributed by atoms with E-state index in [0.29, 0.717) is 18.7 Å². The normalized spacial score (nSPS) is 11.0. The number of nitrogens with zero attached hydrogens (tertiary/aromatic N) is 4. The summed E-state index contributed by atoms with van der Waals surface area (Å²) in [5.74, 6) is 0.628. The largest absolute Gasteiger partial charge is 0.311 e. The van der Waals surface area contributed by atoms with Crippen LogP contribution in [0, 0.1) is 34.6 Å². The number of amides is 1. The topological polar surface area (TPSA) is 72.7 Å². The van der Waals surface area contributed by atoms with E-state index in [0.717, 1.165) is 44.6 Å². The van der Waals surface area contributed by atoms with Crippen LogP contribution in [-0.4, -0.2) is 31.9 Å². The third-order valence-electron chi connectivity index (χ3n) is 4.73. The van der Waals surface area contributed by atoms with Gasteiger partial charge >= 0.3 is 0 Å². The van der Waals surface area contributed by atoms with E-state index in [1.807, 2.05) is 33.1 Å². The monoisotopic (exact) mass is 409 g/mol. The predicted molar refractivity (Wildman–Crippen MR) is 118 cm³/mol. The number of anilines is 1. The van der Waals surface area contributed by atoms with Gasteiger partial charge in [-0.2, -0.15) is 5.10 Å². The highest BCUT2D eigenvalue weighted by atomic mass is 32.2. The molecule has 6 nitrogen and oxygen atoms in total. The van der Waals surface area contributed by atoms with Gasteiger partial charge in [-0.1, -0.05) is 17.8 Å². The molecule has 0 aliphatic rings. The molecule has 0 atom stereocenters. The summed E-state index contributed by atoms with van der Waals surface area (Å²) in [7, 11) is 0. The summed E-state index contributed by atoms with van der Waals surface area (Å²) in [5.41, 5.74) is 7.02. The van der Waals surface area contributed by atoms with Gasteiger partial charge in [-0.05, 0) is 76.1 Å². The van der Waals surface area contributed by atoms with Crippen LogP contribution in [0.5, 0.6) is 0 Å². The Kier molecular flexibility index (Phi) is 6.37. The van der Waals surface area contributed by atoms with Crippen LogP contribution in [0.3, 0.4) is 0 Å². The summed E-state index contributed by atoms with van der Waals surface area (Å²) in [4.78, 5) is 21.6. The van der Waals surface area contributed by atoms with Crippen molar-refractivity contribution in [1.82, 2.24) is 19.7 Å². The Labute approximate surface area is 176 Å². The van der Waals surface area contributed by atoms with E-state index in [2.05, 4.69) is 52.4 Å². The zero-order valence-corrected chi connectivity index (χ0v) is 18.6. The fourth-order valence-electron chi connectivity index (χ4n) is 3.46. The van der Waals surface area contributed by atoms with Crippen LogP contribution < -0.4 is 5.32 Å². The number of carbonyl (C=O) groups excluding carboxylic acids is 1. The summed E-state index contributed by atoms with van der Waals surface area (Å²) < 4.78 is 1.79. The van der Waals surface area contributed by atoms with E-state index < -0.39 is 0 Å². The first kappa shape index (κ1) is 21.0. The quantitative estimate of drug-likeness (QED) is 0.479. The highest BCUT2D eigenvalue weighted by Gasteiger charge is 2.14. The summed E-state index contributed by atoms with van der Waals surface area (Å²) in [6.45, 7) is 9.98. The molecular weight excluding hydrogens is 382 g/mol. The van der Waals surface area contributed by atoms with Gasteiger partial charge in [-0.3, -0.25) is 4.79 Å². The Hall–Kier alpha value is -2.67. The zero-order valence-electron chi connectivity index (χ0n) is 17.8. The molecule has 0 spiro atoms. The molecule has 0 aliphatic carbocycles. The standard InChI is InChI=1S/C22H27N5OS/c1-13-9-14(2)11-18(10-13)27-20(12-15(3)26-27)25-21(28)8-7-19-16(4)23-22(29-6)24-17(19)5/h9-12H,7-8H2,1-6H3,(H,25,28). The van der Waals surface area contributed by atoms with Crippen molar-refractivity contribution in [3.63, 3.8) is 0 Å². The van der Waals surface area contributed by atoms with Crippen molar-refractivity contribution >= 4 is 23.5 Å². The third kappa shape index (κ3) is 5.03. The number of aromatic nitrogens is 4. The van der Waals surface area contributed by atoms with Crippen molar-refractivity contribution in [1.29, 1.82) is 0 Å². The SMILES string of the molecule is CSc1nc(C)c(CCC(=O)Nc2cc(C)nn2-c2cc(C)cc(C)c2)c(C)n1. The van der Waals surface area contributed by atoms with E-state index in [-0.39, 0.29) is 5.91 Å². The Bertz CT molecular complexity index is 1010. The average molecular weight is 410 g/mol. The molecule has 1 aromatic carbocycles. The smallest absolute Gasteiger partial charge is 0.225 e. The molecule has 1 N–H and O–H groups in total. The van der Waals surface area contributed by atoms with Crippen molar-refractivity contribution in [3.8, 4) is 5.69 Å². The molecule has 0 radical (unpaired) electrons. The van der Waals surface area contributed by atoms with E-state index in [1.165, 1.54) is 11.8 Å². The molecule has 2 aromatic heterocycles. The number of carbonyl (C=O) groups is 1. The van der Waals surface area contributed by atoms with Crippen molar-refractivity contribution in [2.75, 3.05) is 11.6 Å². The third-order valence-corrected chi connectivity index (χ3v) is 5.28. The molecule has 29 heavy (non-hydrogen) atoms. The second kappa shape index (κ2) is 8.78. The number of rotatable bonds is 6. The maximum Gasteiger partial charge on any atom is 0.225 e. The van der Waals surface area contributed by atoms with E-state index in [1.54, 1.807) is 4.68 Å². The van der Waals surface area contributed by atoms with Crippen molar-refractivity contribution in [3.05, 3.63) is 58.0 Å². The highest BCUT2D eigenvalue weighted by Crippen LogP contribution is 2.21.